The molecule has 2 aliphatic rings. The molecule has 8 nitrogen and oxygen atoms in total. The minimum Gasteiger partial charge on any atom is -0.493 e. The Morgan fingerprint density at radius 2 is 1.95 bits per heavy atom. The number of likely N-dealkylation sites (N-methyl/N-ethyl adjacent to an activating group) is 1. The third-order valence-corrected chi connectivity index (χ3v) is 8.05. The zero-order valence-electron chi connectivity index (χ0n) is 22.4. The Morgan fingerprint density at radius 3 is 2.62 bits per heavy atom. The molecule has 0 saturated carbocycles. The first-order chi connectivity index (χ1) is 18.9. The number of carbonyl (C=O) groups is 1. The van der Waals surface area contributed by atoms with E-state index in [9.17, 15) is 10.1 Å². The van der Waals surface area contributed by atoms with Gasteiger partial charge in [0.25, 0.3) is 0 Å². The molecule has 39 heavy (non-hydrogen) atoms. The van der Waals surface area contributed by atoms with Crippen molar-refractivity contribution in [2.75, 3.05) is 44.7 Å². The molecule has 0 spiro atoms. The van der Waals surface area contributed by atoms with Crippen molar-refractivity contribution in [1.82, 2.24) is 20.4 Å². The molecule has 1 atom stereocenters. The molecule has 3 aromatic rings. The van der Waals surface area contributed by atoms with E-state index in [-0.39, 0.29) is 11.9 Å². The van der Waals surface area contributed by atoms with Gasteiger partial charge in [0.1, 0.15) is 11.8 Å². The van der Waals surface area contributed by atoms with Gasteiger partial charge in [0.15, 0.2) is 0 Å². The summed E-state index contributed by atoms with van der Waals surface area (Å²) >= 11 is 6.13. The van der Waals surface area contributed by atoms with Crippen LogP contribution in [0.1, 0.15) is 37.4 Å². The Balaban J connectivity index is 1.44. The van der Waals surface area contributed by atoms with Gasteiger partial charge in [0, 0.05) is 36.3 Å². The number of rotatable bonds is 7. The summed E-state index contributed by atoms with van der Waals surface area (Å²) in [5, 5.41) is 22.7. The highest BCUT2D eigenvalue weighted by Crippen LogP contribution is 2.38. The fourth-order valence-corrected chi connectivity index (χ4v) is 5.84. The number of likely N-dealkylation sites (tertiary alicyclic amines) is 1. The fourth-order valence-electron chi connectivity index (χ4n) is 5.67. The summed E-state index contributed by atoms with van der Waals surface area (Å²) in [6, 6.07) is 19.4. The lowest BCUT2D eigenvalue weighted by Gasteiger charge is -2.41. The Bertz CT molecular complexity index is 1360. The van der Waals surface area contributed by atoms with E-state index in [0.717, 1.165) is 36.5 Å². The lowest BCUT2D eigenvalue weighted by Crippen LogP contribution is -2.54. The van der Waals surface area contributed by atoms with Crippen molar-refractivity contribution >= 4 is 23.2 Å². The number of piperidine rings is 1. The molecule has 0 unspecified atom stereocenters. The number of benzene rings is 2. The second-order valence-electron chi connectivity index (χ2n) is 10.3. The van der Waals surface area contributed by atoms with Crippen LogP contribution in [0.15, 0.2) is 54.6 Å². The molecular formula is C30H33ClN6O2. The van der Waals surface area contributed by atoms with Crippen molar-refractivity contribution in [1.29, 1.82) is 5.26 Å². The number of anilines is 1. The van der Waals surface area contributed by atoms with Crippen molar-refractivity contribution in [3.63, 3.8) is 0 Å². The van der Waals surface area contributed by atoms with Gasteiger partial charge in [-0.05, 0) is 82.2 Å². The van der Waals surface area contributed by atoms with Crippen LogP contribution >= 0.6 is 11.6 Å². The minimum absolute atomic E-state index is 0.00386. The van der Waals surface area contributed by atoms with Gasteiger partial charge < -0.3 is 19.9 Å². The average Bonchev–Trinajstić information content (AvgIpc) is 3.37. The number of hydrogen-bond donors (Lipinski definition) is 1. The van der Waals surface area contributed by atoms with Gasteiger partial charge in [0.2, 0.25) is 5.91 Å². The van der Waals surface area contributed by atoms with Crippen LogP contribution in [0.2, 0.25) is 5.02 Å². The number of ether oxygens (including phenoxy) is 1. The van der Waals surface area contributed by atoms with Gasteiger partial charge in [-0.1, -0.05) is 23.7 Å². The number of hydrogen-bond acceptors (Lipinski definition) is 7. The summed E-state index contributed by atoms with van der Waals surface area (Å²) in [6.45, 7) is 5.51. The van der Waals surface area contributed by atoms with Crippen molar-refractivity contribution < 1.29 is 9.53 Å². The van der Waals surface area contributed by atoms with Crippen LogP contribution in [0.3, 0.4) is 0 Å². The van der Waals surface area contributed by atoms with Gasteiger partial charge in [-0.2, -0.15) is 15.5 Å². The molecular weight excluding hydrogens is 512 g/mol. The molecule has 1 N–H and O–H groups in total. The molecule has 0 bridgehead atoms. The van der Waals surface area contributed by atoms with Crippen molar-refractivity contribution in [3.8, 4) is 23.1 Å². The maximum atomic E-state index is 14.0. The fraction of sp³-hybridized carbons (Fsp3) is 0.400. The molecule has 9 heteroatoms. The van der Waals surface area contributed by atoms with Crippen LogP contribution in [0.4, 0.5) is 5.69 Å². The predicted molar refractivity (Wildman–Crippen MR) is 152 cm³/mol. The van der Waals surface area contributed by atoms with E-state index >= 15 is 0 Å². The highest BCUT2D eigenvalue weighted by molar-refractivity contribution is 6.30. The SMILES string of the molecule is CCOc1ccccc1-c1ccc(C2(C(=O)N[C@H]3CCN(C)C3)CCN(c3ccc(Cl)cc3C#N)CC2)nn1. The van der Waals surface area contributed by atoms with Crippen LogP contribution in [0, 0.1) is 11.3 Å². The standard InChI is InChI=1S/C30H33ClN6O2/c1-3-39-27-7-5-4-6-24(27)25-9-11-28(35-34-25)30(29(38)33-23-12-15-36(2)20-23)13-16-37(17-14-30)26-10-8-22(31)18-21(26)19-32/h4-11,18,23H,3,12-17,20H2,1-2H3,(H,33,38)/t23-/m0/s1. The monoisotopic (exact) mass is 544 g/mol. The van der Waals surface area contributed by atoms with Gasteiger partial charge in [-0.25, -0.2) is 0 Å². The molecule has 0 radical (unpaired) electrons. The van der Waals surface area contributed by atoms with E-state index < -0.39 is 5.41 Å². The first-order valence-electron chi connectivity index (χ1n) is 13.4. The molecule has 2 aliphatic heterocycles. The molecule has 2 saturated heterocycles. The lowest BCUT2D eigenvalue weighted by atomic mass is 9.74. The zero-order chi connectivity index (χ0) is 27.4. The Kier molecular flexibility index (Phi) is 8.01. The van der Waals surface area contributed by atoms with Gasteiger partial charge in [0.05, 0.1) is 34.7 Å². The number of carbonyl (C=O) groups excluding carboxylic acids is 1. The van der Waals surface area contributed by atoms with E-state index in [2.05, 4.69) is 38.4 Å². The second kappa shape index (κ2) is 11.6. The smallest absolute Gasteiger partial charge is 0.232 e. The molecule has 5 rings (SSSR count). The molecule has 3 heterocycles. The summed E-state index contributed by atoms with van der Waals surface area (Å²) in [5.41, 5.74) is 2.79. The topological polar surface area (TPSA) is 94.4 Å². The van der Waals surface area contributed by atoms with Crippen LogP contribution < -0.4 is 15.0 Å². The molecule has 1 aromatic heterocycles. The summed E-state index contributed by atoms with van der Waals surface area (Å²) in [4.78, 5) is 18.4. The van der Waals surface area contributed by atoms with E-state index in [4.69, 9.17) is 16.3 Å². The summed E-state index contributed by atoms with van der Waals surface area (Å²) in [5.74, 6) is 0.750. The third-order valence-electron chi connectivity index (χ3n) is 7.82. The first kappa shape index (κ1) is 26.9. The summed E-state index contributed by atoms with van der Waals surface area (Å²) < 4.78 is 5.79. The Hall–Kier alpha value is -3.67. The lowest BCUT2D eigenvalue weighted by molar-refractivity contribution is -0.128. The summed E-state index contributed by atoms with van der Waals surface area (Å²) in [6.07, 6.45) is 2.04. The maximum Gasteiger partial charge on any atom is 0.232 e. The van der Waals surface area contributed by atoms with E-state index in [0.29, 0.717) is 54.5 Å². The molecule has 1 amide bonds. The average molecular weight is 545 g/mol. The van der Waals surface area contributed by atoms with E-state index in [1.807, 2.05) is 49.4 Å². The molecule has 202 valence electrons. The van der Waals surface area contributed by atoms with Gasteiger partial charge in [-0.3, -0.25) is 4.79 Å². The minimum atomic E-state index is -0.818. The Morgan fingerprint density at radius 1 is 1.15 bits per heavy atom. The number of nitrogens with one attached hydrogen (secondary N) is 1. The largest absolute Gasteiger partial charge is 0.493 e. The van der Waals surface area contributed by atoms with Crippen molar-refractivity contribution in [2.24, 2.45) is 0 Å². The highest BCUT2D eigenvalue weighted by Gasteiger charge is 2.45. The third kappa shape index (κ3) is 5.56. The Labute approximate surface area is 234 Å². The van der Waals surface area contributed by atoms with Gasteiger partial charge in [-0.15, -0.1) is 0 Å². The summed E-state index contributed by atoms with van der Waals surface area (Å²) in [7, 11) is 2.07. The van der Waals surface area contributed by atoms with Crippen LogP contribution in [0.25, 0.3) is 11.3 Å². The first-order valence-corrected chi connectivity index (χ1v) is 13.8. The number of amides is 1. The number of para-hydroxylation sites is 1. The van der Waals surface area contributed by atoms with E-state index in [1.165, 1.54) is 0 Å². The van der Waals surface area contributed by atoms with Crippen LogP contribution in [-0.4, -0.2) is 66.9 Å². The number of aromatic nitrogens is 2. The normalized spacial score (nSPS) is 18.9. The van der Waals surface area contributed by atoms with Gasteiger partial charge >= 0.3 is 0 Å². The maximum absolute atomic E-state index is 14.0. The zero-order valence-corrected chi connectivity index (χ0v) is 23.1. The second-order valence-corrected chi connectivity index (χ2v) is 10.7. The van der Waals surface area contributed by atoms with Crippen molar-refractivity contribution in [3.05, 3.63) is 70.9 Å². The van der Waals surface area contributed by atoms with Crippen molar-refractivity contribution in [2.45, 2.75) is 37.6 Å². The number of nitrogens with zero attached hydrogens (tertiary/aromatic N) is 5. The molecule has 2 fully saturated rings. The van der Waals surface area contributed by atoms with E-state index in [1.54, 1.807) is 12.1 Å². The van der Waals surface area contributed by atoms with Crippen LogP contribution in [0.5, 0.6) is 5.75 Å². The molecule has 2 aromatic carbocycles. The van der Waals surface area contributed by atoms with Crippen LogP contribution in [-0.2, 0) is 10.2 Å². The molecule has 0 aliphatic carbocycles. The predicted octanol–water partition coefficient (Wildman–Crippen LogP) is 4.43. The highest BCUT2D eigenvalue weighted by atomic mass is 35.5. The number of nitriles is 1. The quantitative estimate of drug-likeness (QED) is 0.470. The number of halogens is 1.